The maximum Gasteiger partial charge on any atom is 0.293 e. The van der Waals surface area contributed by atoms with Crippen molar-refractivity contribution in [1.82, 2.24) is 0 Å². The first-order valence-electron chi connectivity index (χ1n) is 11.2. The highest BCUT2D eigenvalue weighted by Gasteiger charge is 2.36. The molecule has 170 valence electrons. The third-order valence-corrected chi connectivity index (χ3v) is 6.30. The van der Waals surface area contributed by atoms with Crippen molar-refractivity contribution < 1.29 is 14.5 Å². The lowest BCUT2D eigenvalue weighted by molar-refractivity contribution is -0.384. The van der Waals surface area contributed by atoms with Crippen LogP contribution in [-0.2, 0) is 4.79 Å². The van der Waals surface area contributed by atoms with Crippen molar-refractivity contribution in [3.8, 4) is 0 Å². The molecule has 3 aromatic rings. The monoisotopic (exact) mass is 453 g/mol. The highest BCUT2D eigenvalue weighted by atomic mass is 16.6. The van der Waals surface area contributed by atoms with Crippen molar-refractivity contribution in [2.45, 2.75) is 19.8 Å². The number of carbonyl (C=O) groups is 2. The summed E-state index contributed by atoms with van der Waals surface area (Å²) in [6.45, 7) is 3.48. The number of carbonyl (C=O) groups excluding carboxylic acids is 2. The van der Waals surface area contributed by atoms with Crippen LogP contribution in [0.25, 0.3) is 11.6 Å². The molecule has 0 N–H and O–H groups in total. The van der Waals surface area contributed by atoms with Crippen LogP contribution in [-0.4, -0.2) is 29.8 Å². The highest BCUT2D eigenvalue weighted by Crippen LogP contribution is 2.36. The summed E-state index contributed by atoms with van der Waals surface area (Å²) in [6.07, 6.45) is 3.66. The number of hydrogen-bond acceptors (Lipinski definition) is 5. The van der Waals surface area contributed by atoms with E-state index in [1.54, 1.807) is 60.7 Å². The maximum absolute atomic E-state index is 13.6. The Labute approximate surface area is 197 Å². The second kappa shape index (κ2) is 8.59. The normalized spacial score (nSPS) is 16.8. The minimum atomic E-state index is -0.458. The predicted molar refractivity (Wildman–Crippen MR) is 132 cm³/mol. The molecule has 5 rings (SSSR count). The number of anilines is 2. The second-order valence-corrected chi connectivity index (χ2v) is 8.59. The van der Waals surface area contributed by atoms with Gasteiger partial charge in [0.2, 0.25) is 0 Å². The highest BCUT2D eigenvalue weighted by molar-refractivity contribution is 6.43. The van der Waals surface area contributed by atoms with E-state index in [0.717, 1.165) is 31.5 Å². The lowest BCUT2D eigenvalue weighted by Gasteiger charge is -2.29. The lowest BCUT2D eigenvalue weighted by atomic mass is 9.91. The number of aryl methyl sites for hydroxylation is 1. The van der Waals surface area contributed by atoms with Crippen LogP contribution in [0.5, 0.6) is 0 Å². The molecule has 0 spiro atoms. The fourth-order valence-corrected chi connectivity index (χ4v) is 4.66. The SMILES string of the molecule is Cc1cccc(N2C(=O)/C(=C/c3ccc(N4CCCC4)c([N+](=O)[O-])c3)c3ccccc3C2=O)c1. The standard InChI is InChI=1S/C27H23N3O4/c1-18-7-6-8-20(15-18)29-26(31)22-10-3-2-9-21(22)23(27(29)32)16-19-11-12-24(25(17-19)30(33)34)28-13-4-5-14-28/h2-3,6-12,15-17H,4-5,13-14H2,1H3/b23-16+. The number of amides is 2. The molecule has 7 nitrogen and oxygen atoms in total. The Balaban J connectivity index is 1.63. The maximum atomic E-state index is 13.6. The molecular weight excluding hydrogens is 430 g/mol. The molecule has 34 heavy (non-hydrogen) atoms. The van der Waals surface area contributed by atoms with Gasteiger partial charge < -0.3 is 4.90 Å². The fraction of sp³-hybridized carbons (Fsp3) is 0.185. The molecule has 7 heteroatoms. The third-order valence-electron chi connectivity index (χ3n) is 6.30. The van der Waals surface area contributed by atoms with Crippen molar-refractivity contribution >= 4 is 40.5 Å². The number of rotatable bonds is 4. The van der Waals surface area contributed by atoms with Crippen molar-refractivity contribution in [3.05, 3.63) is 99.1 Å². The Bertz CT molecular complexity index is 1360. The largest absolute Gasteiger partial charge is 0.366 e. The molecule has 1 saturated heterocycles. The number of nitro benzene ring substituents is 1. The number of fused-ring (bicyclic) bond motifs is 1. The van der Waals surface area contributed by atoms with Crippen LogP contribution < -0.4 is 9.80 Å². The number of imide groups is 1. The first kappa shape index (κ1) is 21.6. The first-order valence-corrected chi connectivity index (χ1v) is 11.2. The average Bonchev–Trinajstić information content (AvgIpc) is 3.37. The Hall–Kier alpha value is -4.26. The molecule has 0 atom stereocenters. The number of nitrogens with zero attached hydrogens (tertiary/aromatic N) is 3. The molecule has 0 unspecified atom stereocenters. The molecule has 0 aliphatic carbocycles. The molecule has 2 aliphatic rings. The second-order valence-electron chi connectivity index (χ2n) is 8.59. The summed E-state index contributed by atoms with van der Waals surface area (Å²) < 4.78 is 0. The Morgan fingerprint density at radius 2 is 1.62 bits per heavy atom. The number of hydrogen-bond donors (Lipinski definition) is 0. The first-order chi connectivity index (χ1) is 16.4. The zero-order valence-electron chi connectivity index (χ0n) is 18.7. The zero-order chi connectivity index (χ0) is 23.8. The topological polar surface area (TPSA) is 83.8 Å². The Morgan fingerprint density at radius 1 is 0.882 bits per heavy atom. The number of nitro groups is 1. The summed E-state index contributed by atoms with van der Waals surface area (Å²) in [6, 6.07) is 19.2. The van der Waals surface area contributed by atoms with Gasteiger partial charge in [-0.3, -0.25) is 19.7 Å². The Kier molecular flexibility index (Phi) is 5.45. The van der Waals surface area contributed by atoms with Gasteiger partial charge in [-0.25, -0.2) is 4.90 Å². The summed E-state index contributed by atoms with van der Waals surface area (Å²) in [5, 5.41) is 11.8. The molecule has 2 amide bonds. The van der Waals surface area contributed by atoms with E-state index in [0.29, 0.717) is 33.6 Å². The van der Waals surface area contributed by atoms with E-state index in [1.165, 1.54) is 11.0 Å². The third kappa shape index (κ3) is 3.75. The van der Waals surface area contributed by atoms with Crippen LogP contribution >= 0.6 is 0 Å². The van der Waals surface area contributed by atoms with Crippen LogP contribution in [0, 0.1) is 17.0 Å². The quantitative estimate of drug-likeness (QED) is 0.234. The molecule has 1 fully saturated rings. The minimum absolute atomic E-state index is 0.0133. The van der Waals surface area contributed by atoms with Gasteiger partial charge >= 0.3 is 0 Å². The van der Waals surface area contributed by atoms with Gasteiger partial charge in [0.25, 0.3) is 17.5 Å². The fourth-order valence-electron chi connectivity index (χ4n) is 4.66. The van der Waals surface area contributed by atoms with Crippen LogP contribution in [0.4, 0.5) is 17.1 Å². The van der Waals surface area contributed by atoms with Gasteiger partial charge in [0.05, 0.1) is 10.6 Å². The Morgan fingerprint density at radius 3 is 2.32 bits per heavy atom. The van der Waals surface area contributed by atoms with E-state index in [1.807, 2.05) is 17.9 Å². The minimum Gasteiger partial charge on any atom is -0.366 e. The summed E-state index contributed by atoms with van der Waals surface area (Å²) in [5.41, 5.74) is 3.81. The average molecular weight is 453 g/mol. The van der Waals surface area contributed by atoms with Crippen LogP contribution in [0.3, 0.4) is 0 Å². The van der Waals surface area contributed by atoms with Crippen molar-refractivity contribution in [1.29, 1.82) is 0 Å². The molecule has 2 aliphatic heterocycles. The van der Waals surface area contributed by atoms with Gasteiger partial charge in [-0.15, -0.1) is 0 Å². The van der Waals surface area contributed by atoms with Crippen molar-refractivity contribution in [2.75, 3.05) is 22.9 Å². The predicted octanol–water partition coefficient (Wildman–Crippen LogP) is 5.23. The van der Waals surface area contributed by atoms with Crippen molar-refractivity contribution in [2.24, 2.45) is 0 Å². The van der Waals surface area contributed by atoms with Gasteiger partial charge in [-0.1, -0.05) is 36.4 Å². The summed E-state index contributed by atoms with van der Waals surface area (Å²) in [7, 11) is 0. The van der Waals surface area contributed by atoms with E-state index in [9.17, 15) is 19.7 Å². The van der Waals surface area contributed by atoms with Crippen LogP contribution in [0.2, 0.25) is 0 Å². The molecule has 2 heterocycles. The van der Waals surface area contributed by atoms with Gasteiger partial charge in [0, 0.05) is 30.3 Å². The zero-order valence-corrected chi connectivity index (χ0v) is 18.7. The van der Waals surface area contributed by atoms with Gasteiger partial charge in [0.15, 0.2) is 0 Å². The molecule has 0 aromatic heterocycles. The molecule has 3 aromatic carbocycles. The lowest BCUT2D eigenvalue weighted by Crippen LogP contribution is -2.41. The van der Waals surface area contributed by atoms with E-state index in [2.05, 4.69) is 0 Å². The van der Waals surface area contributed by atoms with Crippen LogP contribution in [0.1, 0.15) is 39.9 Å². The van der Waals surface area contributed by atoms with Crippen LogP contribution in [0.15, 0.2) is 66.7 Å². The molecule has 0 saturated carbocycles. The summed E-state index contributed by atoms with van der Waals surface area (Å²) >= 11 is 0. The smallest absolute Gasteiger partial charge is 0.293 e. The van der Waals surface area contributed by atoms with Crippen molar-refractivity contribution in [3.63, 3.8) is 0 Å². The summed E-state index contributed by atoms with van der Waals surface area (Å²) in [5.74, 6) is -0.848. The van der Waals surface area contributed by atoms with Gasteiger partial charge in [0.1, 0.15) is 5.69 Å². The van der Waals surface area contributed by atoms with E-state index < -0.39 is 11.8 Å². The van der Waals surface area contributed by atoms with Gasteiger partial charge in [-0.2, -0.15) is 0 Å². The molecular formula is C27H23N3O4. The van der Waals surface area contributed by atoms with E-state index in [4.69, 9.17) is 0 Å². The van der Waals surface area contributed by atoms with Gasteiger partial charge in [-0.05, 0) is 66.8 Å². The summed E-state index contributed by atoms with van der Waals surface area (Å²) in [4.78, 5) is 41.5. The number of benzene rings is 3. The molecule has 0 bridgehead atoms. The molecule has 0 radical (unpaired) electrons. The van der Waals surface area contributed by atoms with E-state index >= 15 is 0 Å². The van der Waals surface area contributed by atoms with E-state index in [-0.39, 0.29) is 10.6 Å².